The number of aromatic nitrogens is 1. The highest BCUT2D eigenvalue weighted by Crippen LogP contribution is 2.49. The molecule has 6 nitrogen and oxygen atoms in total. The van der Waals surface area contributed by atoms with Gasteiger partial charge in [0.2, 0.25) is 0 Å². The Balaban J connectivity index is 1.65. The Labute approximate surface area is 145 Å². The molecule has 8 heteroatoms. The highest BCUT2D eigenvalue weighted by molar-refractivity contribution is 7.47. The zero-order valence-electron chi connectivity index (χ0n) is 13.6. The molecule has 2 unspecified atom stereocenters. The molecule has 2 aromatic rings. The first-order valence-corrected chi connectivity index (χ1v) is 10.2. The third-order valence-electron chi connectivity index (χ3n) is 3.98. The van der Waals surface area contributed by atoms with Crippen LogP contribution in [0.3, 0.4) is 0 Å². The molecule has 1 fully saturated rings. The fourth-order valence-corrected chi connectivity index (χ4v) is 4.62. The van der Waals surface area contributed by atoms with Crippen molar-refractivity contribution in [3.05, 3.63) is 41.0 Å². The molecule has 1 aliphatic rings. The highest BCUT2D eigenvalue weighted by Gasteiger charge is 2.30. The van der Waals surface area contributed by atoms with E-state index in [0.29, 0.717) is 13.0 Å². The number of nitrogens with zero attached hydrogens (tertiary/aromatic N) is 1. The van der Waals surface area contributed by atoms with E-state index in [1.54, 1.807) is 18.3 Å². The Morgan fingerprint density at radius 1 is 1.42 bits per heavy atom. The Hall–Kier alpha value is -1.08. The van der Waals surface area contributed by atoms with E-state index in [4.69, 9.17) is 9.05 Å². The van der Waals surface area contributed by atoms with Gasteiger partial charge in [-0.15, -0.1) is 11.3 Å². The predicted molar refractivity (Wildman–Crippen MR) is 94.0 cm³/mol. The van der Waals surface area contributed by atoms with E-state index in [1.165, 1.54) is 0 Å². The van der Waals surface area contributed by atoms with Crippen LogP contribution in [0.5, 0.6) is 0 Å². The van der Waals surface area contributed by atoms with Gasteiger partial charge in [-0.2, -0.15) is 0 Å². The lowest BCUT2D eigenvalue weighted by molar-refractivity contribution is 0.0863. The highest BCUT2D eigenvalue weighted by atomic mass is 32.1. The summed E-state index contributed by atoms with van der Waals surface area (Å²) in [5, 5.41) is 3.09. The minimum absolute atomic E-state index is 0.273. The average Bonchev–Trinajstić information content (AvgIpc) is 3.18. The molecule has 2 N–H and O–H groups in total. The summed E-state index contributed by atoms with van der Waals surface area (Å²) in [5.41, 5.74) is 4.71. The van der Waals surface area contributed by atoms with Crippen LogP contribution in [0.2, 0.25) is 0 Å². The van der Waals surface area contributed by atoms with Crippen LogP contribution < -0.4 is 5.32 Å². The van der Waals surface area contributed by atoms with Gasteiger partial charge in [-0.25, -0.2) is 9.55 Å². The molecule has 1 aromatic carbocycles. The van der Waals surface area contributed by atoms with E-state index < -0.39 is 13.9 Å². The van der Waals surface area contributed by atoms with Crippen molar-refractivity contribution in [2.24, 2.45) is 0 Å². The molecule has 1 aromatic heterocycles. The first-order chi connectivity index (χ1) is 11.4. The molecular formula is C16H21N2O4PS. The topological polar surface area (TPSA) is 80.7 Å². The van der Waals surface area contributed by atoms with Crippen molar-refractivity contribution in [2.75, 3.05) is 13.1 Å². The Morgan fingerprint density at radius 2 is 2.17 bits per heavy atom. The summed E-state index contributed by atoms with van der Waals surface area (Å²) >= 11 is 1.59. The van der Waals surface area contributed by atoms with Gasteiger partial charge in [-0.3, -0.25) is 9.05 Å². The first-order valence-electron chi connectivity index (χ1n) is 7.85. The molecule has 0 spiro atoms. The molecule has 1 aliphatic heterocycles. The van der Waals surface area contributed by atoms with Crippen LogP contribution in [0.4, 0.5) is 0 Å². The monoisotopic (exact) mass is 368 g/mol. The Kier molecular flexibility index (Phi) is 5.49. The lowest BCUT2D eigenvalue weighted by Gasteiger charge is -2.20. The van der Waals surface area contributed by atoms with Gasteiger partial charge in [-0.05, 0) is 37.9 Å². The van der Waals surface area contributed by atoms with Crippen molar-refractivity contribution >= 4 is 19.2 Å². The lowest BCUT2D eigenvalue weighted by atomic mass is 10.1. The Bertz CT molecular complexity index is 728. The molecule has 24 heavy (non-hydrogen) atoms. The lowest BCUT2D eigenvalue weighted by Crippen LogP contribution is -2.16. The fraction of sp³-hybridized carbons (Fsp3) is 0.438. The molecule has 130 valence electrons. The van der Waals surface area contributed by atoms with Crippen molar-refractivity contribution < 1.29 is 18.5 Å². The summed E-state index contributed by atoms with van der Waals surface area (Å²) in [7, 11) is -4.08. The van der Waals surface area contributed by atoms with E-state index in [0.717, 1.165) is 28.2 Å². The van der Waals surface area contributed by atoms with Crippen molar-refractivity contribution in [1.82, 2.24) is 10.3 Å². The maximum absolute atomic E-state index is 12.1. The van der Waals surface area contributed by atoms with Gasteiger partial charge >= 0.3 is 7.82 Å². The average molecular weight is 368 g/mol. The van der Waals surface area contributed by atoms with Crippen LogP contribution in [0, 0.1) is 6.92 Å². The zero-order chi connectivity index (χ0) is 17.2. The number of rotatable bonds is 6. The molecule has 0 bridgehead atoms. The normalized spacial score (nSPS) is 21.5. The fourth-order valence-electron chi connectivity index (χ4n) is 2.68. The molecular weight excluding hydrogens is 347 g/mol. The standard InChI is InChI=1S/C16H21N2O4PS/c1-11-16(24-10-18-11)14-5-3-13(4-6-14)12(2)21-23(19,20)22-15-7-8-17-9-15/h3-6,10,12,15,17H,7-9H2,1-2H3,(H,19,20)/t12-,15?/m0/s1. The zero-order valence-corrected chi connectivity index (χ0v) is 15.3. The summed E-state index contributed by atoms with van der Waals surface area (Å²) < 4.78 is 22.6. The van der Waals surface area contributed by atoms with Crippen molar-refractivity contribution in [2.45, 2.75) is 32.5 Å². The van der Waals surface area contributed by atoms with Gasteiger partial charge in [0.15, 0.2) is 0 Å². The van der Waals surface area contributed by atoms with Crippen LogP contribution in [-0.2, 0) is 13.6 Å². The number of phosphoric acid groups is 1. The second-order valence-electron chi connectivity index (χ2n) is 5.83. The van der Waals surface area contributed by atoms with Crippen LogP contribution in [0.25, 0.3) is 10.4 Å². The number of hydrogen-bond acceptors (Lipinski definition) is 6. The maximum atomic E-state index is 12.1. The van der Waals surface area contributed by atoms with Crippen LogP contribution in [-0.4, -0.2) is 29.1 Å². The SMILES string of the molecule is Cc1ncsc1-c1ccc([C@H](C)OP(=O)(O)OC2CCNC2)cc1. The van der Waals surface area contributed by atoms with Gasteiger partial charge in [0.25, 0.3) is 0 Å². The number of hydrogen-bond donors (Lipinski definition) is 2. The van der Waals surface area contributed by atoms with Gasteiger partial charge < -0.3 is 10.2 Å². The maximum Gasteiger partial charge on any atom is 0.473 e. The minimum atomic E-state index is -4.08. The summed E-state index contributed by atoms with van der Waals surface area (Å²) in [5.74, 6) is 0. The molecule has 0 aliphatic carbocycles. The molecule has 0 saturated carbocycles. The van der Waals surface area contributed by atoms with E-state index >= 15 is 0 Å². The number of benzene rings is 1. The summed E-state index contributed by atoms with van der Waals surface area (Å²) in [6.07, 6.45) is -0.0953. The number of thiazole rings is 1. The summed E-state index contributed by atoms with van der Waals surface area (Å²) in [6, 6.07) is 7.74. The second kappa shape index (κ2) is 7.44. The second-order valence-corrected chi connectivity index (χ2v) is 8.04. The molecule has 1 saturated heterocycles. The van der Waals surface area contributed by atoms with Crippen molar-refractivity contribution in [3.8, 4) is 10.4 Å². The van der Waals surface area contributed by atoms with Crippen molar-refractivity contribution in [1.29, 1.82) is 0 Å². The molecule has 0 amide bonds. The van der Waals surface area contributed by atoms with Crippen LogP contribution in [0.1, 0.15) is 30.7 Å². The summed E-state index contributed by atoms with van der Waals surface area (Å²) in [6.45, 7) is 5.08. The first kappa shape index (κ1) is 17.7. The molecule has 3 rings (SSSR count). The number of nitrogens with one attached hydrogen (secondary N) is 1. The van der Waals surface area contributed by atoms with E-state index in [9.17, 15) is 9.46 Å². The predicted octanol–water partition coefficient (Wildman–Crippen LogP) is 3.68. The van der Waals surface area contributed by atoms with E-state index in [1.807, 2.05) is 36.7 Å². The molecule has 2 heterocycles. The molecule has 3 atom stereocenters. The van der Waals surface area contributed by atoms with Gasteiger partial charge in [0, 0.05) is 6.54 Å². The number of phosphoric ester groups is 1. The van der Waals surface area contributed by atoms with E-state index in [2.05, 4.69) is 10.3 Å². The van der Waals surface area contributed by atoms with Gasteiger partial charge in [0.1, 0.15) is 0 Å². The summed E-state index contributed by atoms with van der Waals surface area (Å²) in [4.78, 5) is 15.3. The van der Waals surface area contributed by atoms with Crippen molar-refractivity contribution in [3.63, 3.8) is 0 Å². The third kappa shape index (κ3) is 4.30. The van der Waals surface area contributed by atoms with E-state index in [-0.39, 0.29) is 6.10 Å². The minimum Gasteiger partial charge on any atom is -0.314 e. The van der Waals surface area contributed by atoms with Crippen LogP contribution >= 0.6 is 19.2 Å². The third-order valence-corrected chi connectivity index (χ3v) is 6.10. The smallest absolute Gasteiger partial charge is 0.314 e. The Morgan fingerprint density at radius 3 is 2.75 bits per heavy atom. The van der Waals surface area contributed by atoms with Crippen LogP contribution in [0.15, 0.2) is 29.8 Å². The largest absolute Gasteiger partial charge is 0.473 e. The van der Waals surface area contributed by atoms with Gasteiger partial charge in [0.05, 0.1) is 28.3 Å². The molecule has 0 radical (unpaired) electrons. The quantitative estimate of drug-likeness (QED) is 0.757. The van der Waals surface area contributed by atoms with Gasteiger partial charge in [-0.1, -0.05) is 24.3 Å². The number of aryl methyl sites for hydroxylation is 1.